The van der Waals surface area contributed by atoms with Crippen molar-refractivity contribution in [2.24, 2.45) is 5.41 Å². The van der Waals surface area contributed by atoms with Crippen molar-refractivity contribution in [3.63, 3.8) is 0 Å². The number of para-hydroxylation sites is 1. The molecular weight excluding hydrogens is 310 g/mol. The molecule has 0 bridgehead atoms. The van der Waals surface area contributed by atoms with Gasteiger partial charge in [-0.05, 0) is 30.5 Å². The number of anilines is 1. The van der Waals surface area contributed by atoms with Gasteiger partial charge in [-0.2, -0.15) is 0 Å². The summed E-state index contributed by atoms with van der Waals surface area (Å²) in [6.07, 6.45) is 3.96. The standard InChI is InChI=1S/C17H21N3O4/c21-15(18-24)6-5-13-3-1-2-4-14(13)19-9-7-17(11-19)8-10-20(12-17)16(22)23/h1-6,24H,7-12H2,(H,18,21)(H,22,23)/b6-5+. The Kier molecular flexibility index (Phi) is 4.44. The molecule has 1 spiro atoms. The summed E-state index contributed by atoms with van der Waals surface area (Å²) in [7, 11) is 0. The first-order valence-corrected chi connectivity index (χ1v) is 7.97. The first-order chi connectivity index (χ1) is 11.5. The number of likely N-dealkylation sites (tertiary alicyclic amines) is 1. The summed E-state index contributed by atoms with van der Waals surface area (Å²) in [6, 6.07) is 7.76. The SMILES string of the molecule is O=C(/C=C/c1ccccc1N1CCC2(CCN(C(=O)O)C2)C1)NO. The molecule has 2 fully saturated rings. The molecule has 3 N–H and O–H groups in total. The molecule has 1 aromatic rings. The van der Waals surface area contributed by atoms with Gasteiger partial charge in [0, 0.05) is 43.4 Å². The molecule has 1 unspecified atom stereocenters. The fourth-order valence-electron chi connectivity index (χ4n) is 3.69. The molecule has 2 amide bonds. The van der Waals surface area contributed by atoms with Crippen molar-refractivity contribution in [1.29, 1.82) is 0 Å². The summed E-state index contributed by atoms with van der Waals surface area (Å²) in [5.74, 6) is -0.574. The highest BCUT2D eigenvalue weighted by molar-refractivity contribution is 5.91. The van der Waals surface area contributed by atoms with Crippen molar-refractivity contribution >= 4 is 23.8 Å². The van der Waals surface area contributed by atoms with Crippen LogP contribution in [0.5, 0.6) is 0 Å². The highest BCUT2D eigenvalue weighted by Crippen LogP contribution is 2.41. The Morgan fingerprint density at radius 2 is 1.92 bits per heavy atom. The Balaban J connectivity index is 1.76. The third kappa shape index (κ3) is 3.21. The van der Waals surface area contributed by atoms with Gasteiger partial charge in [-0.15, -0.1) is 0 Å². The molecule has 1 aromatic carbocycles. The van der Waals surface area contributed by atoms with Gasteiger partial charge in [-0.1, -0.05) is 18.2 Å². The van der Waals surface area contributed by atoms with Gasteiger partial charge in [0.05, 0.1) is 0 Å². The van der Waals surface area contributed by atoms with Crippen LogP contribution >= 0.6 is 0 Å². The van der Waals surface area contributed by atoms with E-state index in [1.807, 2.05) is 24.3 Å². The molecule has 1 atom stereocenters. The second kappa shape index (κ2) is 6.52. The maximum Gasteiger partial charge on any atom is 0.407 e. The van der Waals surface area contributed by atoms with Crippen LogP contribution in [0.3, 0.4) is 0 Å². The molecule has 0 saturated carbocycles. The van der Waals surface area contributed by atoms with E-state index in [1.54, 1.807) is 11.6 Å². The van der Waals surface area contributed by atoms with Gasteiger partial charge >= 0.3 is 6.09 Å². The van der Waals surface area contributed by atoms with Gasteiger partial charge in [0.15, 0.2) is 0 Å². The molecule has 128 valence electrons. The minimum atomic E-state index is -0.844. The molecule has 3 rings (SSSR count). The molecule has 2 heterocycles. The van der Waals surface area contributed by atoms with E-state index in [0.29, 0.717) is 13.1 Å². The van der Waals surface area contributed by atoms with Gasteiger partial charge in [-0.3, -0.25) is 10.0 Å². The third-order valence-electron chi connectivity index (χ3n) is 4.95. The van der Waals surface area contributed by atoms with E-state index in [9.17, 15) is 14.7 Å². The van der Waals surface area contributed by atoms with Gasteiger partial charge in [0.2, 0.25) is 0 Å². The zero-order valence-corrected chi connectivity index (χ0v) is 13.3. The van der Waals surface area contributed by atoms with Crippen molar-refractivity contribution in [2.75, 3.05) is 31.1 Å². The van der Waals surface area contributed by atoms with Gasteiger partial charge < -0.3 is 14.9 Å². The van der Waals surface area contributed by atoms with Crippen LogP contribution in [0.15, 0.2) is 30.3 Å². The molecule has 2 saturated heterocycles. The number of carbonyl (C=O) groups is 2. The normalized spacial score (nSPS) is 23.4. The fraction of sp³-hybridized carbons (Fsp3) is 0.412. The van der Waals surface area contributed by atoms with Crippen LogP contribution < -0.4 is 10.4 Å². The fourth-order valence-corrected chi connectivity index (χ4v) is 3.69. The second-order valence-corrected chi connectivity index (χ2v) is 6.49. The van der Waals surface area contributed by atoms with Crippen LogP contribution in [-0.4, -0.2) is 53.4 Å². The average Bonchev–Trinajstić information content (AvgIpc) is 3.20. The van der Waals surface area contributed by atoms with Crippen LogP contribution in [0.1, 0.15) is 18.4 Å². The number of nitrogens with zero attached hydrogens (tertiary/aromatic N) is 2. The Morgan fingerprint density at radius 1 is 1.17 bits per heavy atom. The second-order valence-electron chi connectivity index (χ2n) is 6.49. The number of rotatable bonds is 3. The van der Waals surface area contributed by atoms with E-state index in [4.69, 9.17) is 5.21 Å². The molecule has 24 heavy (non-hydrogen) atoms. The summed E-state index contributed by atoms with van der Waals surface area (Å²) in [4.78, 5) is 26.1. The van der Waals surface area contributed by atoms with E-state index in [2.05, 4.69) is 4.90 Å². The van der Waals surface area contributed by atoms with Crippen molar-refractivity contribution in [3.8, 4) is 0 Å². The predicted molar refractivity (Wildman–Crippen MR) is 88.9 cm³/mol. The maximum absolute atomic E-state index is 11.2. The molecular formula is C17H21N3O4. The number of nitrogens with one attached hydrogen (secondary N) is 1. The molecule has 0 radical (unpaired) electrons. The summed E-state index contributed by atoms with van der Waals surface area (Å²) >= 11 is 0. The Bertz CT molecular complexity index is 676. The van der Waals surface area contributed by atoms with Gasteiger partial charge in [-0.25, -0.2) is 10.3 Å². The lowest BCUT2D eigenvalue weighted by atomic mass is 9.86. The van der Waals surface area contributed by atoms with Gasteiger partial charge in [0.25, 0.3) is 5.91 Å². The summed E-state index contributed by atoms with van der Waals surface area (Å²) < 4.78 is 0. The van der Waals surface area contributed by atoms with E-state index in [1.165, 1.54) is 11.0 Å². The zero-order chi connectivity index (χ0) is 17.2. The summed E-state index contributed by atoms with van der Waals surface area (Å²) in [6.45, 7) is 2.86. The molecule has 7 nitrogen and oxygen atoms in total. The quantitative estimate of drug-likeness (QED) is 0.446. The van der Waals surface area contributed by atoms with E-state index in [0.717, 1.165) is 37.2 Å². The molecule has 0 aliphatic carbocycles. The Hall–Kier alpha value is -2.54. The molecule has 7 heteroatoms. The smallest absolute Gasteiger partial charge is 0.407 e. The van der Waals surface area contributed by atoms with Crippen LogP contribution in [0.4, 0.5) is 10.5 Å². The molecule has 2 aliphatic heterocycles. The number of hydroxylamine groups is 1. The highest BCUT2D eigenvalue weighted by atomic mass is 16.5. The lowest BCUT2D eigenvalue weighted by Crippen LogP contribution is -2.33. The minimum absolute atomic E-state index is 0.0255. The number of hydrogen-bond donors (Lipinski definition) is 3. The zero-order valence-electron chi connectivity index (χ0n) is 13.3. The number of hydrogen-bond acceptors (Lipinski definition) is 4. The van der Waals surface area contributed by atoms with Crippen LogP contribution in [0, 0.1) is 5.41 Å². The highest BCUT2D eigenvalue weighted by Gasteiger charge is 2.45. The molecule has 0 aromatic heterocycles. The van der Waals surface area contributed by atoms with E-state index < -0.39 is 12.0 Å². The first-order valence-electron chi connectivity index (χ1n) is 7.97. The maximum atomic E-state index is 11.2. The number of amides is 2. The summed E-state index contributed by atoms with van der Waals surface area (Å²) in [5, 5.41) is 17.8. The van der Waals surface area contributed by atoms with E-state index >= 15 is 0 Å². The van der Waals surface area contributed by atoms with Crippen molar-refractivity contribution in [3.05, 3.63) is 35.9 Å². The Labute approximate surface area is 140 Å². The number of benzene rings is 1. The largest absolute Gasteiger partial charge is 0.465 e. The third-order valence-corrected chi connectivity index (χ3v) is 4.95. The van der Waals surface area contributed by atoms with Gasteiger partial charge in [0.1, 0.15) is 0 Å². The minimum Gasteiger partial charge on any atom is -0.465 e. The van der Waals surface area contributed by atoms with Crippen molar-refractivity contribution in [1.82, 2.24) is 10.4 Å². The van der Waals surface area contributed by atoms with Crippen LogP contribution in [0.2, 0.25) is 0 Å². The first kappa shape index (κ1) is 16.3. The topological polar surface area (TPSA) is 93.1 Å². The van der Waals surface area contributed by atoms with E-state index in [-0.39, 0.29) is 5.41 Å². The lowest BCUT2D eigenvalue weighted by molar-refractivity contribution is -0.124. The molecule has 2 aliphatic rings. The van der Waals surface area contributed by atoms with Crippen LogP contribution in [-0.2, 0) is 4.79 Å². The Morgan fingerprint density at radius 3 is 2.62 bits per heavy atom. The number of carboxylic acid groups (broad SMARTS) is 1. The van der Waals surface area contributed by atoms with Crippen LogP contribution in [0.25, 0.3) is 6.08 Å². The van der Waals surface area contributed by atoms with Crippen molar-refractivity contribution in [2.45, 2.75) is 12.8 Å². The average molecular weight is 331 g/mol. The van der Waals surface area contributed by atoms with Crippen molar-refractivity contribution < 1.29 is 19.9 Å². The monoisotopic (exact) mass is 331 g/mol. The lowest BCUT2D eigenvalue weighted by Gasteiger charge is -2.26. The summed E-state index contributed by atoms with van der Waals surface area (Å²) in [5.41, 5.74) is 3.52. The predicted octanol–water partition coefficient (Wildman–Crippen LogP) is 1.79. The number of carbonyl (C=O) groups excluding carboxylic acids is 1.